The van der Waals surface area contributed by atoms with E-state index < -0.39 is 32.9 Å². The number of aromatic hydroxyl groups is 1. The third-order valence-electron chi connectivity index (χ3n) is 13.7. The van der Waals surface area contributed by atoms with Crippen LogP contribution in [0.4, 0.5) is 11.4 Å². The molecular weight excluding hydrogens is 975 g/mol. The highest BCUT2D eigenvalue weighted by molar-refractivity contribution is 7.94. The molecule has 18 heteroatoms. The van der Waals surface area contributed by atoms with E-state index in [2.05, 4.69) is 46.0 Å². The Labute approximate surface area is 425 Å². The highest BCUT2D eigenvalue weighted by atomic mass is 32.2. The summed E-state index contributed by atoms with van der Waals surface area (Å²) in [6.45, 7) is 11.4. The summed E-state index contributed by atoms with van der Waals surface area (Å²) in [5.74, 6) is -3.12. The molecule has 0 aromatic heterocycles. The van der Waals surface area contributed by atoms with Crippen LogP contribution in [-0.4, -0.2) is 74.8 Å². The normalized spacial score (nSPS) is 15.5. The largest absolute Gasteiger partial charge is 0.508 e. The lowest BCUT2D eigenvalue weighted by Crippen LogP contribution is -2.27. The molecule has 8 rings (SSSR count). The highest BCUT2D eigenvalue weighted by Crippen LogP contribution is 2.49. The molecule has 3 heterocycles. The maximum Gasteiger partial charge on any atom is 0.336 e. The highest BCUT2D eigenvalue weighted by Gasteiger charge is 2.44. The smallest absolute Gasteiger partial charge is 0.336 e. The van der Waals surface area contributed by atoms with E-state index in [0.29, 0.717) is 42.3 Å². The lowest BCUT2D eigenvalue weighted by atomic mass is 9.81. The lowest BCUT2D eigenvalue weighted by Gasteiger charge is -2.27. The first-order valence-electron chi connectivity index (χ1n) is 23.5. The van der Waals surface area contributed by atoms with Crippen molar-refractivity contribution < 1.29 is 61.3 Å². The Balaban J connectivity index is 0.969. The molecule has 1 aliphatic carbocycles. The predicted molar refractivity (Wildman–Crippen MR) is 278 cm³/mol. The van der Waals surface area contributed by atoms with Gasteiger partial charge in [-0.15, -0.1) is 0 Å². The van der Waals surface area contributed by atoms with Crippen LogP contribution in [0.5, 0.6) is 5.75 Å². The molecule has 6 N–H and O–H groups in total. The van der Waals surface area contributed by atoms with E-state index in [1.807, 2.05) is 56.4 Å². The number of unbranched alkanes of at least 4 members (excludes halogenated alkanes) is 2. The zero-order valence-corrected chi connectivity index (χ0v) is 42.3. The van der Waals surface area contributed by atoms with Gasteiger partial charge in [0.05, 0.1) is 45.6 Å². The number of nitrogens with one attached hydrogen (secondary N) is 1. The maximum absolute atomic E-state index is 13.4. The number of anilines is 1. The number of benzene rings is 5. The van der Waals surface area contributed by atoms with Gasteiger partial charge in [-0.3, -0.25) is 14.1 Å². The number of fused-ring (bicyclic) bond motifs is 4. The Morgan fingerprint density at radius 3 is 2.33 bits per heavy atom. The lowest BCUT2D eigenvalue weighted by molar-refractivity contribution is -0.433. The van der Waals surface area contributed by atoms with Crippen molar-refractivity contribution in [1.29, 1.82) is 0 Å². The molecule has 4 aromatic carbocycles. The number of aromatic carboxylic acids is 2. The third-order valence-corrected chi connectivity index (χ3v) is 15.0. The molecule has 378 valence electrons. The second kappa shape index (κ2) is 20.6. The third kappa shape index (κ3) is 10.2. The van der Waals surface area contributed by atoms with Crippen molar-refractivity contribution in [3.05, 3.63) is 159 Å². The van der Waals surface area contributed by atoms with Crippen LogP contribution in [0.15, 0.2) is 140 Å². The molecule has 0 saturated heterocycles. The van der Waals surface area contributed by atoms with E-state index in [0.717, 1.165) is 63.5 Å². The SMILES string of the molecule is CC[N+]1=C(/C=C/C=C/C=C2/N(CCCCCC(=O)NCc3c4oc5cc(O)ccc5c(-c5ccc(C(=O)O)cc5C(=O)O)c-4ccc3=O)c3ccc(S(=O)(=O)O)cc3C2(C)C)C(C)(C)c2cc(SOO)ccc21. The molecule has 0 atom stereocenters. The molecule has 4 aliphatic rings. The van der Waals surface area contributed by atoms with Crippen molar-refractivity contribution in [2.24, 2.45) is 0 Å². The number of hydrogen-bond acceptors (Lipinski definition) is 12. The molecule has 0 radical (unpaired) electrons. The van der Waals surface area contributed by atoms with Gasteiger partial charge in [0, 0.05) is 74.9 Å². The average Bonchev–Trinajstić information content (AvgIpc) is 3.69. The van der Waals surface area contributed by atoms with E-state index >= 15 is 0 Å². The number of rotatable bonds is 18. The zero-order valence-electron chi connectivity index (χ0n) is 40.6. The van der Waals surface area contributed by atoms with Crippen LogP contribution < -0.4 is 15.6 Å². The Morgan fingerprint density at radius 2 is 1.62 bits per heavy atom. The fourth-order valence-electron chi connectivity index (χ4n) is 10.0. The van der Waals surface area contributed by atoms with Gasteiger partial charge in [0.1, 0.15) is 23.6 Å². The first kappa shape index (κ1) is 52.0. The number of carbonyl (C=O) groups is 3. The van der Waals surface area contributed by atoms with Gasteiger partial charge in [0.2, 0.25) is 11.6 Å². The minimum absolute atomic E-state index is 0.0575. The van der Waals surface area contributed by atoms with Crippen molar-refractivity contribution in [1.82, 2.24) is 5.32 Å². The van der Waals surface area contributed by atoms with E-state index in [1.165, 1.54) is 54.6 Å². The van der Waals surface area contributed by atoms with Crippen molar-refractivity contribution in [3.8, 4) is 28.2 Å². The van der Waals surface area contributed by atoms with E-state index in [9.17, 15) is 47.5 Å². The summed E-state index contributed by atoms with van der Waals surface area (Å²) in [6, 6.07) is 21.3. The number of phenolic OH excluding ortho intramolecular Hbond substituents is 1. The minimum Gasteiger partial charge on any atom is -0.508 e. The molecule has 3 aliphatic heterocycles. The number of nitrogens with zero attached hydrogens (tertiary/aromatic N) is 2. The molecule has 0 spiro atoms. The maximum atomic E-state index is 13.4. The van der Waals surface area contributed by atoms with E-state index in [-0.39, 0.29) is 68.5 Å². The molecule has 1 amide bonds. The summed E-state index contributed by atoms with van der Waals surface area (Å²) < 4.78 is 47.2. The first-order chi connectivity index (χ1) is 34.7. The average molecular weight is 1030 g/mol. The molecule has 0 bridgehead atoms. The number of carbonyl (C=O) groups excluding carboxylic acids is 1. The Bertz CT molecular complexity index is 3500. The molecule has 73 heavy (non-hydrogen) atoms. The van der Waals surface area contributed by atoms with Gasteiger partial charge in [0.15, 0.2) is 11.1 Å². The fourth-order valence-corrected chi connectivity index (χ4v) is 10.9. The van der Waals surface area contributed by atoms with Gasteiger partial charge in [-0.2, -0.15) is 17.3 Å². The molecule has 4 aromatic rings. The summed E-state index contributed by atoms with van der Waals surface area (Å²) in [5, 5.41) is 42.4. The minimum atomic E-state index is -4.48. The van der Waals surface area contributed by atoms with Crippen molar-refractivity contribution >= 4 is 68.1 Å². The van der Waals surface area contributed by atoms with Gasteiger partial charge < -0.3 is 30.0 Å². The van der Waals surface area contributed by atoms with Gasteiger partial charge in [-0.1, -0.05) is 44.6 Å². The zero-order chi connectivity index (χ0) is 52.6. The second-order valence-corrected chi connectivity index (χ2v) is 21.1. The first-order valence-corrected chi connectivity index (χ1v) is 25.7. The van der Waals surface area contributed by atoms with Crippen LogP contribution in [-0.2, 0) is 36.6 Å². The topological polar surface area (TPSA) is 244 Å². The van der Waals surface area contributed by atoms with Crippen molar-refractivity contribution in [3.63, 3.8) is 0 Å². The molecule has 16 nitrogen and oxygen atoms in total. The Hall–Kier alpha value is -7.35. The van der Waals surface area contributed by atoms with Crippen molar-refractivity contribution in [2.45, 2.75) is 87.5 Å². The van der Waals surface area contributed by atoms with Crippen molar-refractivity contribution in [2.75, 3.05) is 18.0 Å². The molecule has 0 unspecified atom stereocenters. The summed E-state index contributed by atoms with van der Waals surface area (Å²) in [6.07, 6.45) is 11.8. The Kier molecular flexibility index (Phi) is 14.7. The number of amides is 1. The van der Waals surface area contributed by atoms with Gasteiger partial charge >= 0.3 is 11.9 Å². The van der Waals surface area contributed by atoms with Crippen LogP contribution >= 0.6 is 12.0 Å². The number of carboxylic acids is 2. The summed E-state index contributed by atoms with van der Waals surface area (Å²) in [7, 11) is -4.48. The van der Waals surface area contributed by atoms with E-state index in [1.54, 1.807) is 6.07 Å². The number of allylic oxidation sites excluding steroid dienone is 6. The van der Waals surface area contributed by atoms with Crippen LogP contribution in [0.2, 0.25) is 0 Å². The predicted octanol–water partition coefficient (Wildman–Crippen LogP) is 10.5. The van der Waals surface area contributed by atoms with Gasteiger partial charge in [0.25, 0.3) is 10.1 Å². The van der Waals surface area contributed by atoms with Crippen LogP contribution in [0.25, 0.3) is 33.4 Å². The number of carboxylic acid groups (broad SMARTS) is 2. The standard InChI is InChI=1S/C55H53N3O13S2/c1-6-57-43-23-18-34(72-71-66)29-41(43)54(2,3)47(57)13-9-7-10-14-48-55(4,5)42-30-35(73(67,68)69)19-24-44(42)58(48)26-12-8-11-15-49(61)56-31-40-45(60)25-22-38-50(37-21-17-33(59)28-46(37)70-51(38)40)36-20-16-32(52(62)63)27-39(36)53(64)65/h7,9-10,13-14,16-25,27-30H,6,8,11-12,15,26,31H2,1-5H3,(H5-,56,59,60,61,62,63,64,65,66,67,68,69)/p+1. The van der Waals surface area contributed by atoms with Crippen LogP contribution in [0.1, 0.15) is 97.7 Å². The summed E-state index contributed by atoms with van der Waals surface area (Å²) in [4.78, 5) is 53.7. The Morgan fingerprint density at radius 1 is 0.849 bits per heavy atom. The number of phenols is 1. The number of hydrogen-bond donors (Lipinski definition) is 6. The van der Waals surface area contributed by atoms with Gasteiger partial charge in [-0.25, -0.2) is 14.8 Å². The van der Waals surface area contributed by atoms with Crippen LogP contribution in [0.3, 0.4) is 0 Å². The summed E-state index contributed by atoms with van der Waals surface area (Å²) in [5.41, 5.74) is 4.76. The second-order valence-electron chi connectivity index (χ2n) is 18.9. The fraction of sp³-hybridized carbons (Fsp3) is 0.255. The van der Waals surface area contributed by atoms with Gasteiger partial charge in [-0.05, 0) is 118 Å². The van der Waals surface area contributed by atoms with E-state index in [4.69, 9.17) is 9.67 Å². The molecule has 0 fully saturated rings. The molecular formula is C55H54N3O13S2+. The monoisotopic (exact) mass is 1030 g/mol. The quantitative estimate of drug-likeness (QED) is 0.00685. The molecule has 0 saturated carbocycles. The summed E-state index contributed by atoms with van der Waals surface area (Å²) >= 11 is 0.889. The van der Waals surface area contributed by atoms with Crippen LogP contribution in [0, 0.1) is 0 Å².